The van der Waals surface area contributed by atoms with Gasteiger partial charge in [-0.15, -0.1) is 0 Å². The first-order chi connectivity index (χ1) is 15.8. The van der Waals surface area contributed by atoms with Gasteiger partial charge in [0.25, 0.3) is 5.91 Å². The first-order valence-corrected chi connectivity index (χ1v) is 10.7. The summed E-state index contributed by atoms with van der Waals surface area (Å²) in [4.78, 5) is 30.7. The number of aryl methyl sites for hydroxylation is 2. The van der Waals surface area contributed by atoms with Crippen molar-refractivity contribution in [2.75, 3.05) is 0 Å². The van der Waals surface area contributed by atoms with Crippen LogP contribution in [0.15, 0.2) is 48.7 Å². The Bertz CT molecular complexity index is 1370. The van der Waals surface area contributed by atoms with E-state index in [-0.39, 0.29) is 22.0 Å². The highest BCUT2D eigenvalue weighted by Crippen LogP contribution is 2.31. The molecule has 1 atom stereocenters. The molecule has 8 nitrogen and oxygen atoms in total. The molecule has 2 N–H and O–H groups in total. The Hall–Kier alpha value is -3.49. The second kappa shape index (κ2) is 9.17. The van der Waals surface area contributed by atoms with Crippen molar-refractivity contribution in [2.24, 2.45) is 7.05 Å². The molecule has 10 heteroatoms. The zero-order valence-corrected chi connectivity index (χ0v) is 19.2. The number of aliphatic carboxylic acids is 1. The number of aromatic nitrogens is 4. The minimum atomic E-state index is -1.22. The summed E-state index contributed by atoms with van der Waals surface area (Å²) >= 11 is 12.2. The monoisotopic (exact) mass is 483 g/mol. The average Bonchev–Trinajstić information content (AvgIpc) is 3.10. The molecule has 1 amide bonds. The molecule has 0 aliphatic rings. The van der Waals surface area contributed by atoms with Gasteiger partial charge in [-0.1, -0.05) is 47.5 Å². The van der Waals surface area contributed by atoms with Crippen molar-refractivity contribution in [3.63, 3.8) is 0 Å². The van der Waals surface area contributed by atoms with Crippen LogP contribution in [0.1, 0.15) is 21.6 Å². The maximum atomic E-state index is 12.8. The summed E-state index contributed by atoms with van der Waals surface area (Å²) in [5, 5.41) is 22.1. The zero-order valence-electron chi connectivity index (χ0n) is 17.7. The first-order valence-electron chi connectivity index (χ1n) is 9.99. The Kier molecular flexibility index (Phi) is 6.31. The third kappa shape index (κ3) is 4.53. The lowest BCUT2D eigenvalue weighted by Gasteiger charge is -2.17. The van der Waals surface area contributed by atoms with E-state index < -0.39 is 17.9 Å². The second-order valence-corrected chi connectivity index (χ2v) is 8.27. The lowest BCUT2D eigenvalue weighted by atomic mass is 9.97. The molecule has 2 heterocycles. The molecule has 0 radical (unpaired) electrons. The minimum Gasteiger partial charge on any atom is -0.480 e. The molecular weight excluding hydrogens is 465 g/mol. The summed E-state index contributed by atoms with van der Waals surface area (Å²) in [5.41, 5.74) is 3.64. The largest absolute Gasteiger partial charge is 0.480 e. The SMILES string of the molecule is Cc1nn(C)nc1-c1ccc(CC(NC(=O)c2c(Cl)cccc2Cl)C(=O)O)c2ncccc12. The topological polar surface area (TPSA) is 110 Å². The van der Waals surface area contributed by atoms with Crippen LogP contribution in [-0.4, -0.2) is 43.0 Å². The van der Waals surface area contributed by atoms with E-state index >= 15 is 0 Å². The highest BCUT2D eigenvalue weighted by atomic mass is 35.5. The van der Waals surface area contributed by atoms with Gasteiger partial charge in [-0.3, -0.25) is 9.78 Å². The Labute approximate surface area is 199 Å². The van der Waals surface area contributed by atoms with Crippen molar-refractivity contribution in [3.05, 3.63) is 75.5 Å². The summed E-state index contributed by atoms with van der Waals surface area (Å²) in [6.07, 6.45) is 1.65. The number of amides is 1. The Morgan fingerprint density at radius 1 is 1.09 bits per heavy atom. The summed E-state index contributed by atoms with van der Waals surface area (Å²) in [5.74, 6) is -1.86. The van der Waals surface area contributed by atoms with E-state index in [9.17, 15) is 14.7 Å². The molecule has 0 aliphatic carbocycles. The van der Waals surface area contributed by atoms with Crippen LogP contribution >= 0.6 is 23.2 Å². The fraction of sp³-hybridized carbons (Fsp3) is 0.174. The maximum Gasteiger partial charge on any atom is 0.326 e. The molecule has 0 fully saturated rings. The van der Waals surface area contributed by atoms with Crippen LogP contribution in [0.5, 0.6) is 0 Å². The minimum absolute atomic E-state index is 0.0103. The van der Waals surface area contributed by atoms with Crippen LogP contribution in [0.2, 0.25) is 10.0 Å². The third-order valence-corrected chi connectivity index (χ3v) is 5.84. The molecule has 0 saturated carbocycles. The molecule has 0 bridgehead atoms. The number of carbonyl (C=O) groups is 2. The number of hydrogen-bond donors (Lipinski definition) is 2. The van der Waals surface area contributed by atoms with E-state index in [1.807, 2.05) is 19.1 Å². The molecule has 0 aliphatic heterocycles. The van der Waals surface area contributed by atoms with Gasteiger partial charge >= 0.3 is 5.97 Å². The van der Waals surface area contributed by atoms with Crippen molar-refractivity contribution >= 4 is 46.0 Å². The third-order valence-electron chi connectivity index (χ3n) is 5.21. The Morgan fingerprint density at radius 2 is 1.82 bits per heavy atom. The van der Waals surface area contributed by atoms with E-state index in [1.54, 1.807) is 31.4 Å². The average molecular weight is 484 g/mol. The number of hydrogen-bond acceptors (Lipinski definition) is 5. The normalized spacial score (nSPS) is 12.0. The van der Waals surface area contributed by atoms with Gasteiger partial charge in [-0.25, -0.2) is 4.79 Å². The van der Waals surface area contributed by atoms with E-state index in [0.29, 0.717) is 11.1 Å². The van der Waals surface area contributed by atoms with Crippen molar-refractivity contribution < 1.29 is 14.7 Å². The first kappa shape index (κ1) is 22.7. The van der Waals surface area contributed by atoms with E-state index in [0.717, 1.165) is 22.3 Å². The smallest absolute Gasteiger partial charge is 0.326 e. The number of pyridine rings is 1. The molecule has 1 unspecified atom stereocenters. The van der Waals surface area contributed by atoms with Crippen LogP contribution < -0.4 is 5.32 Å². The van der Waals surface area contributed by atoms with Crippen LogP contribution in [-0.2, 0) is 18.3 Å². The highest BCUT2D eigenvalue weighted by molar-refractivity contribution is 6.39. The molecule has 4 rings (SSSR count). The summed E-state index contributed by atoms with van der Waals surface area (Å²) in [6, 6.07) is 10.8. The molecule has 168 valence electrons. The number of carbonyl (C=O) groups excluding carboxylic acids is 1. The Morgan fingerprint density at radius 3 is 2.45 bits per heavy atom. The standard InChI is InChI=1S/C23H19Cl2N5O3/c1-12-20(29-30(2)28-12)15-9-8-13(21-14(15)5-4-10-26-21)11-18(23(32)33)27-22(31)19-16(24)6-3-7-17(19)25/h3-10,18H,11H2,1-2H3,(H,27,31)(H,32,33). The van der Waals surface area contributed by atoms with E-state index in [2.05, 4.69) is 20.5 Å². The maximum absolute atomic E-state index is 12.8. The number of halogens is 2. The van der Waals surface area contributed by atoms with Gasteiger partial charge < -0.3 is 10.4 Å². The van der Waals surface area contributed by atoms with Gasteiger partial charge in [0.05, 0.1) is 26.8 Å². The van der Waals surface area contributed by atoms with Crippen molar-refractivity contribution in [3.8, 4) is 11.3 Å². The van der Waals surface area contributed by atoms with Crippen LogP contribution in [0.25, 0.3) is 22.2 Å². The zero-order chi connectivity index (χ0) is 23.7. The second-order valence-electron chi connectivity index (χ2n) is 7.46. The van der Waals surface area contributed by atoms with Gasteiger partial charge in [-0.05, 0) is 30.7 Å². The lowest BCUT2D eigenvalue weighted by Crippen LogP contribution is -2.42. The fourth-order valence-electron chi connectivity index (χ4n) is 3.72. The number of nitrogens with zero attached hydrogens (tertiary/aromatic N) is 4. The number of fused-ring (bicyclic) bond motifs is 1. The summed E-state index contributed by atoms with van der Waals surface area (Å²) in [6.45, 7) is 1.87. The van der Waals surface area contributed by atoms with Crippen LogP contribution in [0.3, 0.4) is 0 Å². The van der Waals surface area contributed by atoms with Gasteiger partial charge in [-0.2, -0.15) is 15.0 Å². The molecule has 2 aromatic carbocycles. The summed E-state index contributed by atoms with van der Waals surface area (Å²) < 4.78 is 0. The summed E-state index contributed by atoms with van der Waals surface area (Å²) in [7, 11) is 1.75. The lowest BCUT2D eigenvalue weighted by molar-refractivity contribution is -0.139. The van der Waals surface area contributed by atoms with Gasteiger partial charge in [0.15, 0.2) is 0 Å². The quantitative estimate of drug-likeness (QED) is 0.427. The number of rotatable bonds is 6. The van der Waals surface area contributed by atoms with Crippen molar-refractivity contribution in [2.45, 2.75) is 19.4 Å². The molecule has 4 aromatic rings. The predicted molar refractivity (Wildman–Crippen MR) is 126 cm³/mol. The van der Waals surface area contributed by atoms with Crippen molar-refractivity contribution in [1.82, 2.24) is 25.3 Å². The number of nitrogens with one attached hydrogen (secondary N) is 1. The number of carboxylic acid groups (broad SMARTS) is 1. The molecular formula is C23H19Cl2N5O3. The molecule has 2 aromatic heterocycles. The Balaban J connectivity index is 1.70. The van der Waals surface area contributed by atoms with Gasteiger partial charge in [0, 0.05) is 30.6 Å². The van der Waals surface area contributed by atoms with Crippen molar-refractivity contribution in [1.29, 1.82) is 0 Å². The van der Waals surface area contributed by atoms with Gasteiger partial charge in [0.2, 0.25) is 0 Å². The molecule has 0 saturated heterocycles. The number of carboxylic acids is 1. The van der Waals surface area contributed by atoms with Gasteiger partial charge in [0.1, 0.15) is 11.7 Å². The highest BCUT2D eigenvalue weighted by Gasteiger charge is 2.25. The molecule has 0 spiro atoms. The predicted octanol–water partition coefficient (Wildman–Crippen LogP) is 4.07. The van der Waals surface area contributed by atoms with Crippen LogP contribution in [0.4, 0.5) is 0 Å². The van der Waals surface area contributed by atoms with E-state index in [4.69, 9.17) is 23.2 Å². The fourth-order valence-corrected chi connectivity index (χ4v) is 4.29. The van der Waals surface area contributed by atoms with Crippen LogP contribution in [0, 0.1) is 6.92 Å². The number of benzene rings is 2. The molecule has 33 heavy (non-hydrogen) atoms. The van der Waals surface area contributed by atoms with E-state index in [1.165, 1.54) is 16.9 Å².